The van der Waals surface area contributed by atoms with E-state index in [1.54, 1.807) is 36.1 Å². The number of amides is 1. The van der Waals surface area contributed by atoms with E-state index in [1.807, 2.05) is 54.6 Å². The molecule has 0 unspecified atom stereocenters. The van der Waals surface area contributed by atoms with Gasteiger partial charge in [-0.1, -0.05) is 54.6 Å². The van der Waals surface area contributed by atoms with Gasteiger partial charge >= 0.3 is 0 Å². The lowest BCUT2D eigenvalue weighted by molar-refractivity contribution is -0.385. The molecule has 0 bridgehead atoms. The van der Waals surface area contributed by atoms with Gasteiger partial charge < -0.3 is 9.64 Å². The average molecular weight is 499 g/mol. The fraction of sp³-hybridized carbons (Fsp3) is 0.167. The maximum Gasteiger partial charge on any atom is 0.272 e. The number of halogens is 1. The zero-order chi connectivity index (χ0) is 26.2. The third kappa shape index (κ3) is 7.01. The van der Waals surface area contributed by atoms with Crippen LogP contribution in [0.4, 0.5) is 15.8 Å². The molecule has 0 heterocycles. The van der Waals surface area contributed by atoms with Crippen molar-refractivity contribution in [3.8, 4) is 5.75 Å². The quantitative estimate of drug-likeness (QED) is 0.186. The maximum atomic E-state index is 13.5. The Morgan fingerprint density at radius 1 is 0.892 bits per heavy atom. The van der Waals surface area contributed by atoms with Gasteiger partial charge in [0, 0.05) is 23.9 Å². The summed E-state index contributed by atoms with van der Waals surface area (Å²) >= 11 is 0. The first-order valence-corrected chi connectivity index (χ1v) is 11.9. The summed E-state index contributed by atoms with van der Waals surface area (Å²) in [5, 5.41) is 11.3. The van der Waals surface area contributed by atoms with Crippen molar-refractivity contribution in [3.05, 3.63) is 135 Å². The van der Waals surface area contributed by atoms with Crippen molar-refractivity contribution in [3.63, 3.8) is 0 Å². The first kappa shape index (κ1) is 25.6. The second-order valence-electron chi connectivity index (χ2n) is 8.74. The molecule has 0 saturated heterocycles. The van der Waals surface area contributed by atoms with E-state index in [-0.39, 0.29) is 18.0 Å². The highest BCUT2D eigenvalue weighted by Gasteiger charge is 2.19. The van der Waals surface area contributed by atoms with E-state index < -0.39 is 10.7 Å². The van der Waals surface area contributed by atoms with Crippen molar-refractivity contribution >= 4 is 17.3 Å². The number of rotatable bonds is 10. The molecule has 37 heavy (non-hydrogen) atoms. The van der Waals surface area contributed by atoms with Crippen molar-refractivity contribution in [1.82, 2.24) is 0 Å². The summed E-state index contributed by atoms with van der Waals surface area (Å²) in [6, 6.07) is 28.2. The van der Waals surface area contributed by atoms with E-state index in [4.69, 9.17) is 4.74 Å². The van der Waals surface area contributed by atoms with Gasteiger partial charge in [0.2, 0.25) is 5.91 Å². The van der Waals surface area contributed by atoms with Gasteiger partial charge in [0.05, 0.1) is 11.3 Å². The van der Waals surface area contributed by atoms with Crippen LogP contribution in [0.25, 0.3) is 0 Å². The van der Waals surface area contributed by atoms with Gasteiger partial charge in [0.15, 0.2) is 0 Å². The molecule has 0 aliphatic heterocycles. The highest BCUT2D eigenvalue weighted by atomic mass is 19.1. The van der Waals surface area contributed by atoms with Crippen LogP contribution in [0.1, 0.15) is 22.3 Å². The second kappa shape index (κ2) is 11.9. The Morgan fingerprint density at radius 2 is 1.57 bits per heavy atom. The van der Waals surface area contributed by atoms with Gasteiger partial charge in [0.1, 0.15) is 18.2 Å². The maximum absolute atomic E-state index is 13.5. The molecule has 1 amide bonds. The summed E-state index contributed by atoms with van der Waals surface area (Å²) in [4.78, 5) is 25.7. The summed E-state index contributed by atoms with van der Waals surface area (Å²) in [6.45, 7) is 2.50. The fourth-order valence-corrected chi connectivity index (χ4v) is 3.98. The Labute approximate surface area is 215 Å². The lowest BCUT2D eigenvalue weighted by Crippen LogP contribution is -2.34. The molecule has 0 fully saturated rings. The minimum absolute atomic E-state index is 0.00917. The number of anilines is 1. The SMILES string of the molecule is Cc1ccc(CC(=O)N(CCc2ccc(OCc3ccccc3)cc2)c2ccc(F)cc2)cc1[N+](=O)[O-]. The van der Waals surface area contributed by atoms with Crippen LogP contribution < -0.4 is 9.64 Å². The number of hydrogen-bond acceptors (Lipinski definition) is 4. The second-order valence-corrected chi connectivity index (χ2v) is 8.74. The van der Waals surface area contributed by atoms with Crippen molar-refractivity contribution in [2.75, 3.05) is 11.4 Å². The van der Waals surface area contributed by atoms with Crippen LogP contribution in [0.3, 0.4) is 0 Å². The molecule has 0 atom stereocenters. The van der Waals surface area contributed by atoms with Gasteiger partial charge in [-0.25, -0.2) is 4.39 Å². The Hall–Kier alpha value is -4.52. The molecule has 0 radical (unpaired) electrons. The number of ether oxygens (including phenoxy) is 1. The lowest BCUT2D eigenvalue weighted by Gasteiger charge is -2.23. The van der Waals surface area contributed by atoms with Crippen LogP contribution >= 0.6 is 0 Å². The first-order chi connectivity index (χ1) is 17.9. The molecule has 0 spiro atoms. The zero-order valence-electron chi connectivity index (χ0n) is 20.5. The third-order valence-electron chi connectivity index (χ3n) is 6.06. The number of benzene rings is 4. The van der Waals surface area contributed by atoms with E-state index in [0.29, 0.717) is 36.4 Å². The van der Waals surface area contributed by atoms with Gasteiger partial charge in [-0.3, -0.25) is 14.9 Å². The average Bonchev–Trinajstić information content (AvgIpc) is 2.91. The summed E-state index contributed by atoms with van der Waals surface area (Å²) in [6.07, 6.45) is 0.556. The molecule has 6 nitrogen and oxygen atoms in total. The number of nitro benzene ring substituents is 1. The zero-order valence-corrected chi connectivity index (χ0v) is 20.5. The summed E-state index contributed by atoms with van der Waals surface area (Å²) in [7, 11) is 0. The Bertz CT molecular complexity index is 1360. The summed E-state index contributed by atoms with van der Waals surface area (Å²) in [5.74, 6) is 0.129. The molecule has 4 aromatic carbocycles. The largest absolute Gasteiger partial charge is 0.489 e. The van der Waals surface area contributed by atoms with E-state index in [9.17, 15) is 19.3 Å². The normalized spacial score (nSPS) is 10.6. The molecule has 0 aliphatic carbocycles. The van der Waals surface area contributed by atoms with Crippen LogP contribution in [0.2, 0.25) is 0 Å². The third-order valence-corrected chi connectivity index (χ3v) is 6.06. The molecule has 7 heteroatoms. The van der Waals surface area contributed by atoms with Crippen molar-refractivity contribution < 1.29 is 18.8 Å². The smallest absolute Gasteiger partial charge is 0.272 e. The standard InChI is InChI=1S/C30H27FN2O4/c1-22-7-8-25(19-29(22)33(35)36)20-30(34)32(27-13-11-26(31)12-14-27)18-17-23-9-15-28(16-10-23)37-21-24-5-3-2-4-6-24/h2-16,19H,17-18,20-21H2,1H3. The predicted octanol–water partition coefficient (Wildman–Crippen LogP) is 6.44. The molecule has 0 saturated carbocycles. The molecular weight excluding hydrogens is 471 g/mol. The molecule has 188 valence electrons. The van der Waals surface area contributed by atoms with Gasteiger partial charge in [-0.2, -0.15) is 0 Å². The number of nitro groups is 1. The molecule has 0 aromatic heterocycles. The molecule has 4 rings (SSSR count). The topological polar surface area (TPSA) is 72.7 Å². The Morgan fingerprint density at radius 3 is 2.24 bits per heavy atom. The monoisotopic (exact) mass is 498 g/mol. The fourth-order valence-electron chi connectivity index (χ4n) is 3.98. The minimum Gasteiger partial charge on any atom is -0.489 e. The lowest BCUT2D eigenvalue weighted by atomic mass is 10.1. The van der Waals surface area contributed by atoms with Gasteiger partial charge in [-0.15, -0.1) is 0 Å². The van der Waals surface area contributed by atoms with Crippen molar-refractivity contribution in [1.29, 1.82) is 0 Å². The minimum atomic E-state index is -0.450. The first-order valence-electron chi connectivity index (χ1n) is 11.9. The van der Waals surface area contributed by atoms with E-state index >= 15 is 0 Å². The summed E-state index contributed by atoms with van der Waals surface area (Å²) in [5.41, 5.74) is 3.73. The van der Waals surface area contributed by atoms with E-state index in [1.165, 1.54) is 18.2 Å². The van der Waals surface area contributed by atoms with Crippen LogP contribution in [-0.2, 0) is 24.2 Å². The van der Waals surface area contributed by atoms with Gasteiger partial charge in [0.25, 0.3) is 5.69 Å². The molecule has 0 aliphatic rings. The van der Waals surface area contributed by atoms with Crippen LogP contribution in [0, 0.1) is 22.9 Å². The Kier molecular flexibility index (Phi) is 8.26. The van der Waals surface area contributed by atoms with Gasteiger partial charge in [-0.05, 0) is 66.4 Å². The molecule has 0 N–H and O–H groups in total. The molecule has 4 aromatic rings. The van der Waals surface area contributed by atoms with Crippen LogP contribution in [-0.4, -0.2) is 17.4 Å². The highest BCUT2D eigenvalue weighted by Crippen LogP contribution is 2.22. The number of carbonyl (C=O) groups excluding carboxylic acids is 1. The highest BCUT2D eigenvalue weighted by molar-refractivity contribution is 5.94. The number of carbonyl (C=O) groups is 1. The van der Waals surface area contributed by atoms with Crippen LogP contribution in [0.15, 0.2) is 97.1 Å². The molecular formula is C30H27FN2O4. The number of aryl methyl sites for hydroxylation is 1. The van der Waals surface area contributed by atoms with Crippen molar-refractivity contribution in [2.45, 2.75) is 26.4 Å². The van der Waals surface area contributed by atoms with Crippen LogP contribution in [0.5, 0.6) is 5.75 Å². The van der Waals surface area contributed by atoms with E-state index in [0.717, 1.165) is 16.9 Å². The Balaban J connectivity index is 1.44. The van der Waals surface area contributed by atoms with Crippen molar-refractivity contribution in [2.24, 2.45) is 0 Å². The summed E-state index contributed by atoms with van der Waals surface area (Å²) < 4.78 is 19.4. The number of hydrogen-bond donors (Lipinski definition) is 0. The van der Waals surface area contributed by atoms with E-state index in [2.05, 4.69) is 0 Å². The predicted molar refractivity (Wildman–Crippen MR) is 141 cm³/mol. The number of nitrogens with zero attached hydrogens (tertiary/aromatic N) is 2.